The van der Waals surface area contributed by atoms with Gasteiger partial charge in [-0.3, -0.25) is 9.59 Å². The minimum absolute atomic E-state index is 0.0555. The third-order valence-electron chi connectivity index (χ3n) is 5.79. The number of morpholine rings is 1. The van der Waals surface area contributed by atoms with Gasteiger partial charge in [0, 0.05) is 49.0 Å². The molecule has 0 aliphatic carbocycles. The van der Waals surface area contributed by atoms with Gasteiger partial charge in [0.2, 0.25) is 0 Å². The Morgan fingerprint density at radius 3 is 2.54 bits per heavy atom. The molecule has 2 saturated heterocycles. The zero-order valence-electron chi connectivity index (χ0n) is 15.7. The highest BCUT2D eigenvalue weighted by Gasteiger charge is 2.35. The number of aryl methyl sites for hydroxylation is 1. The number of carbonyl (C=O) groups is 2. The van der Waals surface area contributed by atoms with E-state index in [9.17, 15) is 9.59 Å². The number of likely N-dealkylation sites (tertiary alicyclic amines) is 1. The summed E-state index contributed by atoms with van der Waals surface area (Å²) in [6.07, 6.45) is 6.85. The van der Waals surface area contributed by atoms with Crippen LogP contribution in [0.5, 0.6) is 0 Å². The van der Waals surface area contributed by atoms with Gasteiger partial charge in [-0.25, -0.2) is 4.98 Å². The van der Waals surface area contributed by atoms with Crippen LogP contribution in [0.3, 0.4) is 0 Å². The number of amides is 1. The smallest absolute Gasteiger partial charge is 0.254 e. The van der Waals surface area contributed by atoms with Crippen LogP contribution in [0.25, 0.3) is 22.2 Å². The number of pyridine rings is 1. The first-order valence-electron chi connectivity index (χ1n) is 9.58. The van der Waals surface area contributed by atoms with Gasteiger partial charge < -0.3 is 14.2 Å². The molecule has 3 aromatic rings. The second-order valence-corrected chi connectivity index (χ2v) is 7.62. The van der Waals surface area contributed by atoms with Crippen LogP contribution in [-0.4, -0.2) is 51.9 Å². The van der Waals surface area contributed by atoms with Gasteiger partial charge in [-0.2, -0.15) is 0 Å². The molecular formula is C22H21N3O3. The van der Waals surface area contributed by atoms with Gasteiger partial charge in [0.15, 0.2) is 6.29 Å². The number of hydrogen-bond acceptors (Lipinski definition) is 4. The zero-order chi connectivity index (χ0) is 19.3. The maximum atomic E-state index is 12.9. The molecule has 2 unspecified atom stereocenters. The van der Waals surface area contributed by atoms with Crippen LogP contribution in [0.2, 0.25) is 0 Å². The van der Waals surface area contributed by atoms with E-state index in [1.165, 1.54) is 0 Å². The SMILES string of the molecule is Cn1cc(C=O)c2c(-c3ccc(C(=O)N4CC5CCC(C4)O5)cc3)ccnc21. The van der Waals surface area contributed by atoms with Crippen molar-refractivity contribution in [3.8, 4) is 11.1 Å². The van der Waals surface area contributed by atoms with Crippen molar-refractivity contribution in [2.24, 2.45) is 7.05 Å². The molecule has 0 N–H and O–H groups in total. The monoisotopic (exact) mass is 375 g/mol. The van der Waals surface area contributed by atoms with E-state index in [0.717, 1.165) is 41.3 Å². The van der Waals surface area contributed by atoms with Crippen molar-refractivity contribution in [3.63, 3.8) is 0 Å². The van der Waals surface area contributed by atoms with E-state index in [0.29, 0.717) is 24.2 Å². The minimum atomic E-state index is 0.0555. The summed E-state index contributed by atoms with van der Waals surface area (Å²) in [4.78, 5) is 30.7. The molecule has 6 heteroatoms. The lowest BCUT2D eigenvalue weighted by Crippen LogP contribution is -2.45. The Bertz CT molecular complexity index is 1060. The van der Waals surface area contributed by atoms with E-state index < -0.39 is 0 Å². The van der Waals surface area contributed by atoms with E-state index in [-0.39, 0.29) is 18.1 Å². The highest BCUT2D eigenvalue weighted by Crippen LogP contribution is 2.31. The summed E-state index contributed by atoms with van der Waals surface area (Å²) in [6, 6.07) is 9.53. The summed E-state index contributed by atoms with van der Waals surface area (Å²) in [5.41, 5.74) is 3.96. The molecule has 1 amide bonds. The fraction of sp³-hybridized carbons (Fsp3) is 0.318. The van der Waals surface area contributed by atoms with Gasteiger partial charge in [-0.1, -0.05) is 12.1 Å². The van der Waals surface area contributed by atoms with Gasteiger partial charge in [-0.15, -0.1) is 0 Å². The molecule has 5 rings (SSSR count). The van der Waals surface area contributed by atoms with Crippen LogP contribution in [0, 0.1) is 0 Å². The molecule has 4 heterocycles. The molecule has 2 aliphatic rings. The molecule has 2 fully saturated rings. The summed E-state index contributed by atoms with van der Waals surface area (Å²) >= 11 is 0. The van der Waals surface area contributed by atoms with Crippen LogP contribution in [0.1, 0.15) is 33.6 Å². The van der Waals surface area contributed by atoms with E-state index >= 15 is 0 Å². The lowest BCUT2D eigenvalue weighted by atomic mass is 10.00. The normalized spacial score (nSPS) is 21.2. The quantitative estimate of drug-likeness (QED) is 0.660. The number of hydrogen-bond donors (Lipinski definition) is 0. The number of nitrogens with zero attached hydrogens (tertiary/aromatic N) is 3. The molecule has 0 spiro atoms. The molecule has 0 radical (unpaired) electrons. The maximum absolute atomic E-state index is 12.9. The standard InChI is InChI=1S/C22H21N3O3/c1-24-10-16(13-26)20-19(8-9-23-21(20)24)14-2-4-15(5-3-14)22(27)25-11-17-6-7-18(12-25)28-17/h2-5,8-10,13,17-18H,6-7,11-12H2,1H3. The highest BCUT2D eigenvalue weighted by atomic mass is 16.5. The largest absolute Gasteiger partial charge is 0.371 e. The fourth-order valence-electron chi connectivity index (χ4n) is 4.42. The van der Waals surface area contributed by atoms with Gasteiger partial charge in [0.1, 0.15) is 5.65 Å². The minimum Gasteiger partial charge on any atom is -0.371 e. The van der Waals surface area contributed by atoms with Crippen LogP contribution in [0.15, 0.2) is 42.7 Å². The number of carbonyl (C=O) groups excluding carboxylic acids is 2. The Labute approximate surface area is 162 Å². The molecule has 142 valence electrons. The van der Waals surface area contributed by atoms with Gasteiger partial charge in [0.05, 0.1) is 12.2 Å². The summed E-state index contributed by atoms with van der Waals surface area (Å²) in [5, 5.41) is 0.837. The number of aromatic nitrogens is 2. The first-order valence-corrected chi connectivity index (χ1v) is 9.58. The number of benzene rings is 1. The Morgan fingerprint density at radius 1 is 1.14 bits per heavy atom. The van der Waals surface area contributed by atoms with Crippen LogP contribution in [-0.2, 0) is 11.8 Å². The van der Waals surface area contributed by atoms with Crippen LogP contribution < -0.4 is 0 Å². The van der Waals surface area contributed by atoms with Crippen molar-refractivity contribution < 1.29 is 14.3 Å². The molecular weight excluding hydrogens is 354 g/mol. The Hall–Kier alpha value is -2.99. The van der Waals surface area contributed by atoms with Gasteiger partial charge >= 0.3 is 0 Å². The Morgan fingerprint density at radius 2 is 1.86 bits per heavy atom. The summed E-state index contributed by atoms with van der Waals surface area (Å²) in [6.45, 7) is 1.35. The van der Waals surface area contributed by atoms with Crippen molar-refractivity contribution in [2.45, 2.75) is 25.0 Å². The van der Waals surface area contributed by atoms with Gasteiger partial charge in [0.25, 0.3) is 5.91 Å². The second-order valence-electron chi connectivity index (χ2n) is 7.62. The maximum Gasteiger partial charge on any atom is 0.254 e. The average molecular weight is 375 g/mol. The van der Waals surface area contributed by atoms with E-state index in [1.54, 1.807) is 12.4 Å². The Kier molecular flexibility index (Phi) is 4.02. The molecule has 2 aliphatic heterocycles. The van der Waals surface area contributed by atoms with Crippen molar-refractivity contribution in [3.05, 3.63) is 53.9 Å². The van der Waals surface area contributed by atoms with Crippen molar-refractivity contribution in [1.29, 1.82) is 0 Å². The highest BCUT2D eigenvalue weighted by molar-refractivity contribution is 6.05. The van der Waals surface area contributed by atoms with E-state index in [1.807, 2.05) is 46.8 Å². The molecule has 6 nitrogen and oxygen atoms in total. The third-order valence-corrected chi connectivity index (χ3v) is 5.79. The molecule has 2 atom stereocenters. The summed E-state index contributed by atoms with van der Waals surface area (Å²) < 4.78 is 7.68. The molecule has 1 aromatic carbocycles. The zero-order valence-corrected chi connectivity index (χ0v) is 15.7. The predicted molar refractivity (Wildman–Crippen MR) is 105 cm³/mol. The van der Waals surface area contributed by atoms with Crippen molar-refractivity contribution >= 4 is 23.2 Å². The van der Waals surface area contributed by atoms with Crippen LogP contribution >= 0.6 is 0 Å². The predicted octanol–water partition coefficient (Wildman–Crippen LogP) is 3.06. The number of fused-ring (bicyclic) bond motifs is 3. The molecule has 28 heavy (non-hydrogen) atoms. The van der Waals surface area contributed by atoms with E-state index in [2.05, 4.69) is 4.98 Å². The van der Waals surface area contributed by atoms with Crippen LogP contribution in [0.4, 0.5) is 0 Å². The molecule has 0 saturated carbocycles. The van der Waals surface area contributed by atoms with E-state index in [4.69, 9.17) is 4.74 Å². The fourth-order valence-corrected chi connectivity index (χ4v) is 4.42. The summed E-state index contributed by atoms with van der Waals surface area (Å²) in [7, 11) is 1.88. The molecule has 2 bridgehead atoms. The lowest BCUT2D eigenvalue weighted by Gasteiger charge is -2.32. The first kappa shape index (κ1) is 17.1. The average Bonchev–Trinajstić information content (AvgIpc) is 3.25. The summed E-state index contributed by atoms with van der Waals surface area (Å²) in [5.74, 6) is 0.0555. The topological polar surface area (TPSA) is 64.4 Å². The molecule has 2 aromatic heterocycles. The lowest BCUT2D eigenvalue weighted by molar-refractivity contribution is -0.0303. The number of ether oxygens (including phenoxy) is 1. The van der Waals surface area contributed by atoms with Crippen molar-refractivity contribution in [2.75, 3.05) is 13.1 Å². The third kappa shape index (κ3) is 2.72. The first-order chi connectivity index (χ1) is 13.6. The van der Waals surface area contributed by atoms with Crippen molar-refractivity contribution in [1.82, 2.24) is 14.5 Å². The Balaban J connectivity index is 1.47. The second kappa shape index (κ2) is 6.56. The van der Waals surface area contributed by atoms with Gasteiger partial charge in [-0.05, 0) is 42.2 Å². The number of rotatable bonds is 3. The number of aldehydes is 1.